The summed E-state index contributed by atoms with van der Waals surface area (Å²) in [7, 11) is 4.11. The number of hydrogen-bond donors (Lipinski definition) is 0. The average molecular weight is 282 g/mol. The second-order valence-electron chi connectivity index (χ2n) is 5.39. The van der Waals surface area contributed by atoms with E-state index < -0.39 is 0 Å². The zero-order valence-electron chi connectivity index (χ0n) is 11.9. The van der Waals surface area contributed by atoms with Crippen molar-refractivity contribution in [2.45, 2.75) is 6.92 Å². The number of aryl methyl sites for hydroxylation is 1. The van der Waals surface area contributed by atoms with Crippen molar-refractivity contribution in [2.75, 3.05) is 46.9 Å². The highest BCUT2D eigenvalue weighted by molar-refractivity contribution is 7.12. The lowest BCUT2D eigenvalue weighted by molar-refractivity contribution is 0.0739. The molecule has 1 aromatic rings. The number of hydrogen-bond acceptors (Lipinski definition) is 4. The zero-order chi connectivity index (χ0) is 13.8. The molecule has 0 aromatic carbocycles. The number of nitrogens with zero attached hydrogens (tertiary/aromatic N) is 2. The summed E-state index contributed by atoms with van der Waals surface area (Å²) in [5.74, 6) is 0.545. The highest BCUT2D eigenvalue weighted by Gasteiger charge is 2.25. The normalized spacial score (nSPS) is 20.6. The van der Waals surface area contributed by atoms with Crippen LogP contribution in [0.15, 0.2) is 11.4 Å². The molecule has 1 amide bonds. The first-order valence-corrected chi connectivity index (χ1v) is 7.51. The van der Waals surface area contributed by atoms with Crippen molar-refractivity contribution in [2.24, 2.45) is 5.92 Å². The summed E-state index contributed by atoms with van der Waals surface area (Å²) in [5, 5.41) is 1.98. The van der Waals surface area contributed by atoms with E-state index in [2.05, 4.69) is 19.0 Å². The molecule has 2 heterocycles. The molecule has 4 nitrogen and oxygen atoms in total. The minimum absolute atomic E-state index is 0.154. The first-order valence-electron chi connectivity index (χ1n) is 6.63. The molecule has 1 saturated heterocycles. The summed E-state index contributed by atoms with van der Waals surface area (Å²) in [6.07, 6.45) is 0. The van der Waals surface area contributed by atoms with E-state index >= 15 is 0 Å². The molecule has 1 atom stereocenters. The van der Waals surface area contributed by atoms with Crippen molar-refractivity contribution in [3.8, 4) is 0 Å². The Morgan fingerprint density at radius 3 is 3.00 bits per heavy atom. The first-order chi connectivity index (χ1) is 9.08. The van der Waals surface area contributed by atoms with Crippen molar-refractivity contribution in [3.63, 3.8) is 0 Å². The Morgan fingerprint density at radius 1 is 1.58 bits per heavy atom. The molecule has 1 aromatic heterocycles. The zero-order valence-corrected chi connectivity index (χ0v) is 12.7. The fraction of sp³-hybridized carbons (Fsp3) is 0.643. The lowest BCUT2D eigenvalue weighted by Gasteiger charge is -2.25. The number of rotatable bonds is 3. The van der Waals surface area contributed by atoms with Gasteiger partial charge in [-0.2, -0.15) is 0 Å². The predicted octanol–water partition coefficient (Wildman–Crippen LogP) is 1.71. The van der Waals surface area contributed by atoms with Gasteiger partial charge >= 0.3 is 0 Å². The van der Waals surface area contributed by atoms with Crippen LogP contribution >= 0.6 is 11.3 Å². The molecule has 0 N–H and O–H groups in total. The summed E-state index contributed by atoms with van der Waals surface area (Å²) in [4.78, 5) is 17.5. The van der Waals surface area contributed by atoms with Crippen LogP contribution in [-0.2, 0) is 4.74 Å². The fourth-order valence-corrected chi connectivity index (χ4v) is 3.32. The molecular weight excluding hydrogens is 260 g/mol. The maximum absolute atomic E-state index is 12.5. The molecule has 2 rings (SSSR count). The van der Waals surface area contributed by atoms with Gasteiger partial charge in [-0.05, 0) is 38.0 Å². The maximum atomic E-state index is 12.5. The summed E-state index contributed by atoms with van der Waals surface area (Å²) < 4.78 is 5.62. The van der Waals surface area contributed by atoms with E-state index in [1.807, 2.05) is 23.3 Å². The average Bonchev–Trinajstić information content (AvgIpc) is 2.63. The molecule has 0 radical (unpaired) electrons. The van der Waals surface area contributed by atoms with E-state index in [0.29, 0.717) is 19.1 Å². The van der Waals surface area contributed by atoms with Gasteiger partial charge < -0.3 is 14.5 Å². The lowest BCUT2D eigenvalue weighted by atomic mass is 10.1. The number of amides is 1. The van der Waals surface area contributed by atoms with E-state index in [1.54, 1.807) is 0 Å². The summed E-state index contributed by atoms with van der Waals surface area (Å²) in [6.45, 7) is 5.81. The van der Waals surface area contributed by atoms with Gasteiger partial charge in [-0.25, -0.2) is 0 Å². The lowest BCUT2D eigenvalue weighted by Crippen LogP contribution is -2.38. The summed E-state index contributed by atoms with van der Waals surface area (Å²) in [6, 6.07) is 2.00. The Bertz CT molecular complexity index is 431. The molecule has 0 aliphatic carbocycles. The molecule has 1 aliphatic heterocycles. The minimum atomic E-state index is 0.154. The Labute approximate surface area is 119 Å². The van der Waals surface area contributed by atoms with E-state index in [0.717, 1.165) is 30.1 Å². The van der Waals surface area contributed by atoms with Gasteiger partial charge in [-0.1, -0.05) is 0 Å². The van der Waals surface area contributed by atoms with Crippen LogP contribution in [0.5, 0.6) is 0 Å². The van der Waals surface area contributed by atoms with E-state index in [-0.39, 0.29) is 5.91 Å². The van der Waals surface area contributed by atoms with Gasteiger partial charge in [0, 0.05) is 25.6 Å². The summed E-state index contributed by atoms with van der Waals surface area (Å²) in [5.41, 5.74) is 1.07. The van der Waals surface area contributed by atoms with Crippen molar-refractivity contribution in [1.29, 1.82) is 0 Å². The Morgan fingerprint density at radius 2 is 2.37 bits per heavy atom. The topological polar surface area (TPSA) is 32.8 Å². The molecule has 0 unspecified atom stereocenters. The van der Waals surface area contributed by atoms with Gasteiger partial charge in [0.25, 0.3) is 5.91 Å². The SMILES string of the molecule is Cc1ccsc1C(=O)N1CCOC[C@H](CN(C)C)C1. The van der Waals surface area contributed by atoms with Crippen LogP contribution in [0.2, 0.25) is 0 Å². The molecular formula is C14H22N2O2S. The third-order valence-corrected chi connectivity index (χ3v) is 4.31. The van der Waals surface area contributed by atoms with E-state index in [4.69, 9.17) is 4.74 Å². The molecule has 0 spiro atoms. The van der Waals surface area contributed by atoms with Crippen LogP contribution in [0.25, 0.3) is 0 Å². The van der Waals surface area contributed by atoms with Gasteiger partial charge in [0.05, 0.1) is 18.1 Å². The Balaban J connectivity index is 2.06. The van der Waals surface area contributed by atoms with Crippen LogP contribution in [0.4, 0.5) is 0 Å². The van der Waals surface area contributed by atoms with Gasteiger partial charge in [-0.15, -0.1) is 11.3 Å². The fourth-order valence-electron chi connectivity index (χ4n) is 2.43. The van der Waals surface area contributed by atoms with Crippen LogP contribution < -0.4 is 0 Å². The molecule has 106 valence electrons. The Hall–Kier alpha value is -0.910. The summed E-state index contributed by atoms with van der Waals surface area (Å²) >= 11 is 1.53. The third kappa shape index (κ3) is 3.78. The van der Waals surface area contributed by atoms with Crippen LogP contribution in [0, 0.1) is 12.8 Å². The highest BCUT2D eigenvalue weighted by atomic mass is 32.1. The predicted molar refractivity (Wildman–Crippen MR) is 77.8 cm³/mol. The van der Waals surface area contributed by atoms with Gasteiger partial charge in [-0.3, -0.25) is 4.79 Å². The van der Waals surface area contributed by atoms with Crippen molar-refractivity contribution in [1.82, 2.24) is 9.80 Å². The standard InChI is InChI=1S/C14H22N2O2S/c1-11-4-7-19-13(11)14(17)16-5-6-18-10-12(9-16)8-15(2)3/h4,7,12H,5-6,8-10H2,1-3H3/t12-/m1/s1. The van der Waals surface area contributed by atoms with Gasteiger partial charge in [0.1, 0.15) is 0 Å². The van der Waals surface area contributed by atoms with Crippen molar-refractivity contribution >= 4 is 17.2 Å². The number of carbonyl (C=O) groups is 1. The Kier molecular flexibility index (Phi) is 4.96. The molecule has 1 aliphatic rings. The second-order valence-corrected chi connectivity index (χ2v) is 6.30. The molecule has 0 saturated carbocycles. The second kappa shape index (κ2) is 6.50. The van der Waals surface area contributed by atoms with Crippen molar-refractivity contribution < 1.29 is 9.53 Å². The van der Waals surface area contributed by atoms with Crippen LogP contribution in [0.1, 0.15) is 15.2 Å². The molecule has 1 fully saturated rings. The van der Waals surface area contributed by atoms with Crippen LogP contribution in [-0.4, -0.2) is 62.7 Å². The molecule has 19 heavy (non-hydrogen) atoms. The molecule has 0 bridgehead atoms. The number of ether oxygens (including phenoxy) is 1. The van der Waals surface area contributed by atoms with Gasteiger partial charge in [0.15, 0.2) is 0 Å². The van der Waals surface area contributed by atoms with E-state index in [9.17, 15) is 4.79 Å². The van der Waals surface area contributed by atoms with Crippen LogP contribution in [0.3, 0.4) is 0 Å². The minimum Gasteiger partial charge on any atom is -0.379 e. The quantitative estimate of drug-likeness (QED) is 0.846. The third-order valence-electron chi connectivity index (χ3n) is 3.30. The number of thiophene rings is 1. The first kappa shape index (κ1) is 14.5. The maximum Gasteiger partial charge on any atom is 0.264 e. The monoisotopic (exact) mass is 282 g/mol. The van der Waals surface area contributed by atoms with Crippen molar-refractivity contribution in [3.05, 3.63) is 21.9 Å². The smallest absolute Gasteiger partial charge is 0.264 e. The molecule has 5 heteroatoms. The number of carbonyl (C=O) groups excluding carboxylic acids is 1. The largest absolute Gasteiger partial charge is 0.379 e. The highest BCUT2D eigenvalue weighted by Crippen LogP contribution is 2.19. The van der Waals surface area contributed by atoms with E-state index in [1.165, 1.54) is 11.3 Å². The van der Waals surface area contributed by atoms with Gasteiger partial charge in [0.2, 0.25) is 0 Å².